The van der Waals surface area contributed by atoms with Crippen LogP contribution in [0.5, 0.6) is 0 Å². The second-order valence-corrected chi connectivity index (χ2v) is 13.2. The van der Waals surface area contributed by atoms with E-state index in [9.17, 15) is 18.0 Å². The van der Waals surface area contributed by atoms with E-state index in [0.29, 0.717) is 27.2 Å². The van der Waals surface area contributed by atoms with E-state index in [2.05, 4.69) is 5.32 Å². The molecule has 1 unspecified atom stereocenters. The number of halogens is 4. The van der Waals surface area contributed by atoms with Crippen molar-refractivity contribution in [1.82, 2.24) is 10.2 Å². The number of carbonyl (C=O) groups excluding carboxylic acids is 2. The third-order valence-electron chi connectivity index (χ3n) is 6.25. The molecule has 0 aliphatic rings. The molecule has 3 aromatic rings. The molecule has 0 aliphatic heterocycles. The second-order valence-electron chi connectivity index (χ2n) is 9.71. The summed E-state index contributed by atoms with van der Waals surface area (Å²) in [4.78, 5) is 28.7. The summed E-state index contributed by atoms with van der Waals surface area (Å²) in [7, 11) is -4.28. The van der Waals surface area contributed by atoms with Crippen molar-refractivity contribution in [3.8, 4) is 0 Å². The average Bonchev–Trinajstić information content (AvgIpc) is 2.92. The number of nitrogens with one attached hydrogen (secondary N) is 1. The van der Waals surface area contributed by atoms with Gasteiger partial charge in [0, 0.05) is 33.7 Å². The van der Waals surface area contributed by atoms with Crippen LogP contribution in [0, 0.1) is 5.92 Å². The van der Waals surface area contributed by atoms with Gasteiger partial charge in [0.2, 0.25) is 11.8 Å². The smallest absolute Gasteiger partial charge is 0.264 e. The molecule has 2 amide bonds. The molecule has 0 saturated heterocycles. The van der Waals surface area contributed by atoms with Crippen molar-refractivity contribution in [2.24, 2.45) is 5.92 Å². The zero-order chi connectivity index (χ0) is 30.3. The molecule has 0 radical (unpaired) electrons. The van der Waals surface area contributed by atoms with Crippen molar-refractivity contribution < 1.29 is 18.0 Å². The van der Waals surface area contributed by atoms with Gasteiger partial charge in [-0.1, -0.05) is 91.4 Å². The van der Waals surface area contributed by atoms with Gasteiger partial charge in [-0.2, -0.15) is 0 Å². The van der Waals surface area contributed by atoms with Crippen molar-refractivity contribution in [2.45, 2.75) is 44.7 Å². The van der Waals surface area contributed by atoms with Crippen LogP contribution in [0.1, 0.15) is 32.8 Å². The summed E-state index contributed by atoms with van der Waals surface area (Å²) in [6.45, 7) is 5.29. The Balaban J connectivity index is 2.11. The second kappa shape index (κ2) is 14.6. The van der Waals surface area contributed by atoms with Crippen molar-refractivity contribution in [2.75, 3.05) is 17.4 Å². The minimum Gasteiger partial charge on any atom is -0.354 e. The summed E-state index contributed by atoms with van der Waals surface area (Å²) in [6, 6.07) is 16.0. The Hall–Kier alpha value is -2.49. The van der Waals surface area contributed by atoms with Gasteiger partial charge in [0.1, 0.15) is 12.6 Å². The molecule has 12 heteroatoms. The quantitative estimate of drug-likeness (QED) is 0.225. The minimum absolute atomic E-state index is 0.0345. The molecule has 0 bridgehead atoms. The maximum absolute atomic E-state index is 14.1. The number of anilines is 1. The molecule has 7 nitrogen and oxygen atoms in total. The number of rotatable bonds is 12. The van der Waals surface area contributed by atoms with Gasteiger partial charge < -0.3 is 10.2 Å². The number of amides is 2. The Morgan fingerprint density at radius 3 is 2.07 bits per heavy atom. The topological polar surface area (TPSA) is 86.8 Å². The molecule has 41 heavy (non-hydrogen) atoms. The minimum atomic E-state index is -4.28. The predicted octanol–water partition coefficient (Wildman–Crippen LogP) is 7.08. The largest absolute Gasteiger partial charge is 0.354 e. The lowest BCUT2D eigenvalue weighted by Gasteiger charge is -2.34. The fourth-order valence-electron chi connectivity index (χ4n) is 4.11. The highest BCUT2D eigenvalue weighted by molar-refractivity contribution is 7.92. The van der Waals surface area contributed by atoms with E-state index in [4.69, 9.17) is 46.4 Å². The number of carbonyl (C=O) groups is 2. The molecule has 0 saturated carbocycles. The zero-order valence-electron chi connectivity index (χ0n) is 22.8. The van der Waals surface area contributed by atoms with Gasteiger partial charge in [-0.05, 0) is 54.8 Å². The lowest BCUT2D eigenvalue weighted by molar-refractivity contribution is -0.140. The van der Waals surface area contributed by atoms with Crippen LogP contribution in [-0.4, -0.2) is 44.3 Å². The fraction of sp³-hybridized carbons (Fsp3) is 0.310. The molecule has 0 spiro atoms. The van der Waals surface area contributed by atoms with Crippen molar-refractivity contribution >= 4 is 73.9 Å². The SMILES string of the molecule is CCC(C(=O)NCC(C)C)N(Cc1c(Cl)cccc1Cl)C(=O)CN(c1ccc(Cl)cc1Cl)S(=O)(=O)c1ccccc1. The van der Waals surface area contributed by atoms with Gasteiger partial charge in [0.05, 0.1) is 15.6 Å². The van der Waals surface area contributed by atoms with E-state index >= 15 is 0 Å². The Labute approximate surface area is 261 Å². The van der Waals surface area contributed by atoms with Crippen LogP contribution in [0.3, 0.4) is 0 Å². The summed E-state index contributed by atoms with van der Waals surface area (Å²) in [6.07, 6.45) is 0.255. The lowest BCUT2D eigenvalue weighted by atomic mass is 10.1. The van der Waals surface area contributed by atoms with Gasteiger partial charge in [-0.15, -0.1) is 0 Å². The monoisotopic (exact) mass is 657 g/mol. The summed E-state index contributed by atoms with van der Waals surface area (Å²) >= 11 is 25.4. The molecule has 0 aliphatic carbocycles. The fourth-order valence-corrected chi connectivity index (χ4v) is 6.64. The van der Waals surface area contributed by atoms with Gasteiger partial charge in [-0.3, -0.25) is 13.9 Å². The summed E-state index contributed by atoms with van der Waals surface area (Å²) in [5, 5.41) is 3.82. The summed E-state index contributed by atoms with van der Waals surface area (Å²) < 4.78 is 28.7. The highest BCUT2D eigenvalue weighted by Crippen LogP contribution is 2.33. The highest BCUT2D eigenvalue weighted by Gasteiger charge is 2.35. The van der Waals surface area contributed by atoms with E-state index < -0.39 is 28.5 Å². The number of hydrogen-bond acceptors (Lipinski definition) is 4. The Bertz CT molecular complexity index is 1470. The van der Waals surface area contributed by atoms with Crippen molar-refractivity contribution in [3.05, 3.63) is 92.4 Å². The molecular weight excluding hydrogens is 628 g/mol. The van der Waals surface area contributed by atoms with Gasteiger partial charge >= 0.3 is 0 Å². The van der Waals surface area contributed by atoms with Crippen molar-refractivity contribution in [3.63, 3.8) is 0 Å². The third-order valence-corrected chi connectivity index (χ3v) is 9.27. The number of sulfonamides is 1. The van der Waals surface area contributed by atoms with Crippen LogP contribution in [0.15, 0.2) is 71.6 Å². The van der Waals surface area contributed by atoms with Gasteiger partial charge in [0.25, 0.3) is 10.0 Å². The Kier molecular flexibility index (Phi) is 11.8. The zero-order valence-corrected chi connectivity index (χ0v) is 26.6. The lowest BCUT2D eigenvalue weighted by Crippen LogP contribution is -2.52. The van der Waals surface area contributed by atoms with Crippen LogP contribution in [-0.2, 0) is 26.2 Å². The first-order valence-corrected chi connectivity index (χ1v) is 15.8. The molecular formula is C29H31Cl4N3O4S. The summed E-state index contributed by atoms with van der Waals surface area (Å²) in [5.41, 5.74) is 0.489. The molecule has 3 rings (SSSR count). The van der Waals surface area contributed by atoms with E-state index in [0.717, 1.165) is 4.31 Å². The molecule has 1 N–H and O–H groups in total. The van der Waals surface area contributed by atoms with Crippen LogP contribution in [0.25, 0.3) is 0 Å². The molecule has 3 aromatic carbocycles. The first-order valence-electron chi connectivity index (χ1n) is 12.9. The van der Waals surface area contributed by atoms with E-state index in [-0.39, 0.29) is 40.4 Å². The number of nitrogens with zero attached hydrogens (tertiary/aromatic N) is 2. The van der Waals surface area contributed by atoms with Gasteiger partial charge in [0.15, 0.2) is 0 Å². The maximum atomic E-state index is 14.1. The first kappa shape index (κ1) is 33.0. The Morgan fingerprint density at radius 1 is 0.878 bits per heavy atom. The molecule has 0 aromatic heterocycles. The van der Waals surface area contributed by atoms with Crippen LogP contribution >= 0.6 is 46.4 Å². The van der Waals surface area contributed by atoms with E-state index in [1.165, 1.54) is 35.2 Å². The van der Waals surface area contributed by atoms with Crippen molar-refractivity contribution in [1.29, 1.82) is 0 Å². The van der Waals surface area contributed by atoms with Crippen LogP contribution in [0.2, 0.25) is 20.1 Å². The van der Waals surface area contributed by atoms with E-state index in [1.54, 1.807) is 43.3 Å². The van der Waals surface area contributed by atoms with Crippen LogP contribution < -0.4 is 9.62 Å². The molecule has 0 fully saturated rings. The van der Waals surface area contributed by atoms with Crippen LogP contribution in [0.4, 0.5) is 5.69 Å². The maximum Gasteiger partial charge on any atom is 0.264 e. The number of benzene rings is 3. The normalized spacial score (nSPS) is 12.2. The summed E-state index contributed by atoms with van der Waals surface area (Å²) in [5.74, 6) is -0.852. The Morgan fingerprint density at radius 2 is 1.51 bits per heavy atom. The number of hydrogen-bond donors (Lipinski definition) is 1. The van der Waals surface area contributed by atoms with Gasteiger partial charge in [-0.25, -0.2) is 8.42 Å². The predicted molar refractivity (Wildman–Crippen MR) is 166 cm³/mol. The average molecular weight is 659 g/mol. The van der Waals surface area contributed by atoms with E-state index in [1.807, 2.05) is 13.8 Å². The standard InChI is InChI=1S/C29H31Cl4N3O4S/c1-4-26(29(38)34-16-19(2)3)35(17-22-23(31)11-8-12-24(22)32)28(37)18-36(27-14-13-20(30)15-25(27)33)41(39,40)21-9-6-5-7-10-21/h5-15,19,26H,4,16-18H2,1-3H3,(H,34,38). The third kappa shape index (κ3) is 8.30. The molecule has 0 heterocycles. The highest BCUT2D eigenvalue weighted by atomic mass is 35.5. The molecule has 220 valence electrons. The molecule has 1 atom stereocenters. The first-order chi connectivity index (χ1) is 19.4.